The minimum Gasteiger partial charge on any atom is -0.294 e. The first-order valence-electron chi connectivity index (χ1n) is 6.32. The van der Waals surface area contributed by atoms with Crippen LogP contribution in [0.1, 0.15) is 17.3 Å². The van der Waals surface area contributed by atoms with Crippen LogP contribution in [0, 0.1) is 0 Å². The van der Waals surface area contributed by atoms with Crippen LogP contribution in [0.5, 0.6) is 0 Å². The number of aromatic nitrogens is 1. The van der Waals surface area contributed by atoms with E-state index in [2.05, 4.69) is 4.98 Å². The third-order valence-corrected chi connectivity index (χ3v) is 3.45. The summed E-state index contributed by atoms with van der Waals surface area (Å²) in [7, 11) is 0. The number of Topliss-reactive ketones (excluding diaryl/α,β-unsaturated/α-hetero) is 1. The summed E-state index contributed by atoms with van der Waals surface area (Å²) in [6.07, 6.45) is 0. The second-order valence-corrected chi connectivity index (χ2v) is 5.08. The van der Waals surface area contributed by atoms with E-state index in [1.54, 1.807) is 6.92 Å². The van der Waals surface area contributed by atoms with Gasteiger partial charge in [-0.15, -0.1) is 0 Å². The summed E-state index contributed by atoms with van der Waals surface area (Å²) in [6.45, 7) is 1.57. The lowest BCUT2D eigenvalue weighted by Gasteiger charge is -2.08. The Balaban J connectivity index is 2.30. The SMILES string of the molecule is CC(=O)c1cc(-c2cccc(Cl)c2)nc2ccccc12. The van der Waals surface area contributed by atoms with Crippen molar-refractivity contribution in [3.05, 3.63) is 65.2 Å². The van der Waals surface area contributed by atoms with Crippen LogP contribution < -0.4 is 0 Å². The van der Waals surface area contributed by atoms with Crippen LogP contribution in [0.2, 0.25) is 5.02 Å². The summed E-state index contributed by atoms with van der Waals surface area (Å²) < 4.78 is 0. The highest BCUT2D eigenvalue weighted by molar-refractivity contribution is 6.30. The Kier molecular flexibility index (Phi) is 3.25. The number of carbonyl (C=O) groups is 1. The van der Waals surface area contributed by atoms with E-state index in [1.807, 2.05) is 54.6 Å². The van der Waals surface area contributed by atoms with Gasteiger partial charge in [0.25, 0.3) is 0 Å². The molecule has 0 spiro atoms. The monoisotopic (exact) mass is 281 g/mol. The zero-order valence-corrected chi connectivity index (χ0v) is 11.7. The molecular weight excluding hydrogens is 270 g/mol. The molecule has 3 heteroatoms. The number of halogens is 1. The minimum atomic E-state index is 0.0341. The average molecular weight is 282 g/mol. The number of ketones is 1. The highest BCUT2D eigenvalue weighted by Crippen LogP contribution is 2.26. The molecule has 3 rings (SSSR count). The van der Waals surface area contributed by atoms with Crippen molar-refractivity contribution in [2.45, 2.75) is 6.92 Å². The summed E-state index contributed by atoms with van der Waals surface area (Å²) in [4.78, 5) is 16.5. The van der Waals surface area contributed by atoms with Gasteiger partial charge in [0.15, 0.2) is 5.78 Å². The molecule has 0 bridgehead atoms. The van der Waals surface area contributed by atoms with Gasteiger partial charge in [-0.3, -0.25) is 4.79 Å². The van der Waals surface area contributed by atoms with Crippen LogP contribution in [0.3, 0.4) is 0 Å². The van der Waals surface area contributed by atoms with Crippen molar-refractivity contribution in [3.8, 4) is 11.3 Å². The second-order valence-electron chi connectivity index (χ2n) is 4.64. The molecular formula is C17H12ClNO. The lowest BCUT2D eigenvalue weighted by molar-refractivity contribution is 0.101. The molecule has 2 aromatic carbocycles. The molecule has 0 N–H and O–H groups in total. The number of fused-ring (bicyclic) bond motifs is 1. The van der Waals surface area contributed by atoms with Crippen molar-refractivity contribution < 1.29 is 4.79 Å². The van der Waals surface area contributed by atoms with Gasteiger partial charge in [-0.2, -0.15) is 0 Å². The van der Waals surface area contributed by atoms with Crippen LogP contribution in [0.15, 0.2) is 54.6 Å². The maximum atomic E-state index is 11.9. The lowest BCUT2D eigenvalue weighted by atomic mass is 10.0. The average Bonchev–Trinajstić information content (AvgIpc) is 2.46. The summed E-state index contributed by atoms with van der Waals surface area (Å²) in [5.41, 5.74) is 3.17. The molecule has 0 atom stereocenters. The van der Waals surface area contributed by atoms with Crippen molar-refractivity contribution in [1.29, 1.82) is 0 Å². The third kappa shape index (κ3) is 2.30. The van der Waals surface area contributed by atoms with Gasteiger partial charge in [0.05, 0.1) is 11.2 Å². The molecule has 98 valence electrons. The van der Waals surface area contributed by atoms with Crippen LogP contribution in [0.4, 0.5) is 0 Å². The first-order chi connectivity index (χ1) is 9.65. The van der Waals surface area contributed by atoms with E-state index in [0.717, 1.165) is 22.2 Å². The Morgan fingerprint density at radius 2 is 1.85 bits per heavy atom. The molecule has 3 aromatic rings. The first-order valence-corrected chi connectivity index (χ1v) is 6.69. The van der Waals surface area contributed by atoms with E-state index in [4.69, 9.17) is 11.6 Å². The van der Waals surface area contributed by atoms with Gasteiger partial charge < -0.3 is 0 Å². The molecule has 0 aliphatic carbocycles. The van der Waals surface area contributed by atoms with Crippen LogP contribution in [-0.4, -0.2) is 10.8 Å². The van der Waals surface area contributed by atoms with E-state index >= 15 is 0 Å². The van der Waals surface area contributed by atoms with Gasteiger partial charge in [-0.05, 0) is 31.2 Å². The Bertz CT molecular complexity index is 811. The number of benzene rings is 2. The molecule has 0 saturated carbocycles. The Hall–Kier alpha value is -2.19. The first kappa shape index (κ1) is 12.8. The van der Waals surface area contributed by atoms with E-state index in [1.165, 1.54) is 0 Å². The number of hydrogen-bond acceptors (Lipinski definition) is 2. The molecule has 0 radical (unpaired) electrons. The van der Waals surface area contributed by atoms with Crippen molar-refractivity contribution >= 4 is 28.3 Å². The molecule has 0 aliphatic heterocycles. The third-order valence-electron chi connectivity index (χ3n) is 3.22. The van der Waals surface area contributed by atoms with Crippen molar-refractivity contribution in [2.24, 2.45) is 0 Å². The number of hydrogen-bond donors (Lipinski definition) is 0. The largest absolute Gasteiger partial charge is 0.294 e. The van der Waals surface area contributed by atoms with E-state index in [-0.39, 0.29) is 5.78 Å². The van der Waals surface area contributed by atoms with Crippen LogP contribution >= 0.6 is 11.6 Å². The Morgan fingerprint density at radius 1 is 1.05 bits per heavy atom. The highest BCUT2D eigenvalue weighted by Gasteiger charge is 2.10. The van der Waals surface area contributed by atoms with Gasteiger partial charge in [0.1, 0.15) is 0 Å². The van der Waals surface area contributed by atoms with Gasteiger partial charge in [0.2, 0.25) is 0 Å². The summed E-state index contributed by atoms with van der Waals surface area (Å²) >= 11 is 6.02. The molecule has 2 nitrogen and oxygen atoms in total. The van der Waals surface area contributed by atoms with Crippen molar-refractivity contribution in [2.75, 3.05) is 0 Å². The predicted molar refractivity (Wildman–Crippen MR) is 82.2 cm³/mol. The fourth-order valence-corrected chi connectivity index (χ4v) is 2.45. The topological polar surface area (TPSA) is 30.0 Å². The number of para-hydroxylation sites is 1. The van der Waals surface area contributed by atoms with Crippen molar-refractivity contribution in [3.63, 3.8) is 0 Å². The maximum Gasteiger partial charge on any atom is 0.160 e. The fraction of sp³-hybridized carbons (Fsp3) is 0.0588. The summed E-state index contributed by atoms with van der Waals surface area (Å²) in [6, 6.07) is 17.0. The molecule has 1 heterocycles. The molecule has 0 unspecified atom stereocenters. The minimum absolute atomic E-state index is 0.0341. The number of carbonyl (C=O) groups excluding carboxylic acids is 1. The van der Waals surface area contributed by atoms with Gasteiger partial charge in [-0.1, -0.05) is 41.9 Å². The number of nitrogens with zero attached hydrogens (tertiary/aromatic N) is 1. The van der Waals surface area contributed by atoms with Gasteiger partial charge in [0, 0.05) is 21.5 Å². The van der Waals surface area contributed by atoms with Crippen LogP contribution in [-0.2, 0) is 0 Å². The van der Waals surface area contributed by atoms with Gasteiger partial charge >= 0.3 is 0 Å². The fourth-order valence-electron chi connectivity index (χ4n) is 2.26. The molecule has 1 aromatic heterocycles. The zero-order valence-electron chi connectivity index (χ0n) is 10.9. The number of rotatable bonds is 2. The quantitative estimate of drug-likeness (QED) is 0.634. The zero-order chi connectivity index (χ0) is 14.1. The molecule has 0 fully saturated rings. The van der Waals surface area contributed by atoms with E-state index < -0.39 is 0 Å². The molecule has 0 amide bonds. The molecule has 0 saturated heterocycles. The van der Waals surface area contributed by atoms with Crippen LogP contribution in [0.25, 0.3) is 22.2 Å². The highest BCUT2D eigenvalue weighted by atomic mass is 35.5. The normalized spacial score (nSPS) is 10.7. The van der Waals surface area contributed by atoms with E-state index in [0.29, 0.717) is 10.6 Å². The Labute approximate surface area is 122 Å². The van der Waals surface area contributed by atoms with E-state index in [9.17, 15) is 4.79 Å². The standard InChI is InChI=1S/C17H12ClNO/c1-11(20)15-10-17(12-5-4-6-13(18)9-12)19-16-8-3-2-7-14(15)16/h2-10H,1H3. The number of pyridine rings is 1. The van der Waals surface area contributed by atoms with Crippen molar-refractivity contribution in [1.82, 2.24) is 4.98 Å². The smallest absolute Gasteiger partial charge is 0.160 e. The molecule has 0 aliphatic rings. The predicted octanol–water partition coefficient (Wildman–Crippen LogP) is 4.76. The lowest BCUT2D eigenvalue weighted by Crippen LogP contribution is -1.97. The summed E-state index contributed by atoms with van der Waals surface area (Å²) in [5.74, 6) is 0.0341. The Morgan fingerprint density at radius 3 is 2.60 bits per heavy atom. The summed E-state index contributed by atoms with van der Waals surface area (Å²) in [5, 5.41) is 1.53. The second kappa shape index (κ2) is 5.06. The maximum absolute atomic E-state index is 11.9. The molecule has 20 heavy (non-hydrogen) atoms. The van der Waals surface area contributed by atoms with Gasteiger partial charge in [-0.25, -0.2) is 4.98 Å².